The van der Waals surface area contributed by atoms with Gasteiger partial charge in [0.1, 0.15) is 0 Å². The molecule has 0 bridgehead atoms. The van der Waals surface area contributed by atoms with E-state index >= 15 is 0 Å². The van der Waals surface area contributed by atoms with Crippen molar-refractivity contribution in [2.75, 3.05) is 12.4 Å². The van der Waals surface area contributed by atoms with Gasteiger partial charge in [-0.05, 0) is 24.3 Å². The maximum Gasteiger partial charge on any atom is 0.310 e. The molecule has 1 N–H and O–H groups in total. The predicted molar refractivity (Wildman–Crippen MR) is 80.9 cm³/mol. The van der Waals surface area contributed by atoms with E-state index in [2.05, 4.69) is 23.2 Å². The zero-order valence-electron chi connectivity index (χ0n) is 11.7. The van der Waals surface area contributed by atoms with Crippen LogP contribution in [-0.4, -0.2) is 18.0 Å². The molecule has 6 heteroatoms. The molecular formula is C15H16N2O4. The summed E-state index contributed by atoms with van der Waals surface area (Å²) in [5.41, 5.74) is 1.44. The van der Waals surface area contributed by atoms with Crippen LogP contribution in [0.15, 0.2) is 55.3 Å². The lowest BCUT2D eigenvalue weighted by atomic mass is 10.1. The number of hydrogen-bond acceptors (Lipinski definition) is 5. The number of esters is 1. The summed E-state index contributed by atoms with van der Waals surface area (Å²) in [5.74, 6) is -0.541. The molecule has 0 aliphatic heterocycles. The molecule has 1 aromatic rings. The zero-order valence-corrected chi connectivity index (χ0v) is 11.7. The van der Waals surface area contributed by atoms with Crippen LogP contribution in [0.25, 0.3) is 0 Å². The first-order chi connectivity index (χ1) is 10.0. The van der Waals surface area contributed by atoms with Gasteiger partial charge in [0.15, 0.2) is 0 Å². The largest absolute Gasteiger partial charge is 0.469 e. The van der Waals surface area contributed by atoms with Crippen molar-refractivity contribution in [3.63, 3.8) is 0 Å². The molecule has 0 unspecified atom stereocenters. The summed E-state index contributed by atoms with van der Waals surface area (Å²) < 4.78 is 4.55. The third-order valence-corrected chi connectivity index (χ3v) is 2.64. The fourth-order valence-corrected chi connectivity index (χ4v) is 1.67. The minimum Gasteiger partial charge on any atom is -0.469 e. The number of rotatable bonds is 7. The summed E-state index contributed by atoms with van der Waals surface area (Å²) in [6.07, 6.45) is 4.71. The van der Waals surface area contributed by atoms with Crippen molar-refractivity contribution in [1.29, 1.82) is 0 Å². The van der Waals surface area contributed by atoms with E-state index in [0.29, 0.717) is 11.4 Å². The summed E-state index contributed by atoms with van der Waals surface area (Å²) in [6.45, 7) is 7.23. The molecule has 0 saturated carbocycles. The van der Waals surface area contributed by atoms with Gasteiger partial charge in [-0.1, -0.05) is 19.2 Å². The van der Waals surface area contributed by atoms with Gasteiger partial charge >= 0.3 is 5.97 Å². The third kappa shape index (κ3) is 4.61. The van der Waals surface area contributed by atoms with Crippen molar-refractivity contribution in [1.82, 2.24) is 0 Å². The zero-order chi connectivity index (χ0) is 15.8. The van der Waals surface area contributed by atoms with E-state index in [9.17, 15) is 14.9 Å². The second-order valence-corrected chi connectivity index (χ2v) is 4.04. The number of anilines is 1. The van der Waals surface area contributed by atoms with Gasteiger partial charge in [-0.2, -0.15) is 0 Å². The van der Waals surface area contributed by atoms with Crippen LogP contribution in [0.4, 0.5) is 11.4 Å². The number of ether oxygens (including phenoxy) is 1. The molecule has 6 nitrogen and oxygen atoms in total. The Bertz CT molecular complexity index is 606. The number of nitro groups is 1. The van der Waals surface area contributed by atoms with Crippen molar-refractivity contribution in [3.8, 4) is 0 Å². The molecule has 0 heterocycles. The molecule has 21 heavy (non-hydrogen) atoms. The van der Waals surface area contributed by atoms with Gasteiger partial charge in [0.25, 0.3) is 5.69 Å². The maximum absolute atomic E-state index is 11.3. The molecule has 0 spiro atoms. The SMILES string of the molecule is C=C/C=C(\C=C)Nc1ccc([N+](=O)[O-])c(CC(=O)OC)c1. The summed E-state index contributed by atoms with van der Waals surface area (Å²) in [4.78, 5) is 21.8. The number of benzene rings is 1. The predicted octanol–water partition coefficient (Wildman–Crippen LogP) is 2.98. The fraction of sp³-hybridized carbons (Fsp3) is 0.133. The van der Waals surface area contributed by atoms with Crippen LogP contribution in [0.3, 0.4) is 0 Å². The molecule has 0 amide bonds. The lowest BCUT2D eigenvalue weighted by molar-refractivity contribution is -0.385. The van der Waals surface area contributed by atoms with Gasteiger partial charge in [-0.3, -0.25) is 14.9 Å². The number of nitrogens with one attached hydrogen (secondary N) is 1. The molecule has 1 aromatic carbocycles. The first kappa shape index (κ1) is 16.2. The van der Waals surface area contributed by atoms with Crippen LogP contribution < -0.4 is 5.32 Å². The number of carbonyl (C=O) groups excluding carboxylic acids is 1. The number of carbonyl (C=O) groups is 1. The van der Waals surface area contributed by atoms with Gasteiger partial charge in [0.05, 0.1) is 18.5 Å². The highest BCUT2D eigenvalue weighted by Gasteiger charge is 2.17. The van der Waals surface area contributed by atoms with Crippen LogP contribution in [0.5, 0.6) is 0 Å². The summed E-state index contributed by atoms with van der Waals surface area (Å²) in [5, 5.41) is 14.0. The molecule has 1 rings (SSSR count). The molecule has 0 atom stereocenters. The summed E-state index contributed by atoms with van der Waals surface area (Å²) >= 11 is 0. The number of allylic oxidation sites excluding steroid dienone is 3. The van der Waals surface area contributed by atoms with Crippen molar-refractivity contribution in [2.24, 2.45) is 0 Å². The van der Waals surface area contributed by atoms with E-state index in [1.54, 1.807) is 24.3 Å². The molecule has 0 aromatic heterocycles. The second-order valence-electron chi connectivity index (χ2n) is 4.04. The van der Waals surface area contributed by atoms with E-state index in [0.717, 1.165) is 0 Å². The Morgan fingerprint density at radius 1 is 1.48 bits per heavy atom. The topological polar surface area (TPSA) is 81.5 Å². The molecule has 0 aliphatic rings. The average molecular weight is 288 g/mol. The van der Waals surface area contributed by atoms with Gasteiger partial charge in [0, 0.05) is 23.0 Å². The fourth-order valence-electron chi connectivity index (χ4n) is 1.67. The Balaban J connectivity index is 3.14. The van der Waals surface area contributed by atoms with Crippen LogP contribution >= 0.6 is 0 Å². The molecule has 0 radical (unpaired) electrons. The monoisotopic (exact) mass is 288 g/mol. The van der Waals surface area contributed by atoms with Gasteiger partial charge < -0.3 is 10.1 Å². The minimum atomic E-state index is -0.541. The Kier molecular flexibility index (Phi) is 5.88. The third-order valence-electron chi connectivity index (χ3n) is 2.64. The van der Waals surface area contributed by atoms with E-state index in [-0.39, 0.29) is 17.7 Å². The van der Waals surface area contributed by atoms with Crippen LogP contribution in [0.2, 0.25) is 0 Å². The Labute approximate surface area is 122 Å². The summed E-state index contributed by atoms with van der Waals surface area (Å²) in [6, 6.07) is 4.43. The van der Waals surface area contributed by atoms with Crippen molar-refractivity contribution in [2.45, 2.75) is 6.42 Å². The van der Waals surface area contributed by atoms with Gasteiger partial charge in [-0.15, -0.1) is 0 Å². The number of methoxy groups -OCH3 is 1. The molecule has 0 saturated heterocycles. The molecular weight excluding hydrogens is 272 g/mol. The Morgan fingerprint density at radius 2 is 2.19 bits per heavy atom. The van der Waals surface area contributed by atoms with Crippen LogP contribution in [-0.2, 0) is 16.0 Å². The van der Waals surface area contributed by atoms with E-state index in [1.807, 2.05) is 0 Å². The van der Waals surface area contributed by atoms with Crippen molar-refractivity contribution < 1.29 is 14.5 Å². The number of hydrogen-bond donors (Lipinski definition) is 1. The standard InChI is InChI=1S/C15H16N2O4/c1-4-6-12(5-2)16-13-7-8-14(17(19)20)11(9-13)10-15(18)21-3/h4-9,16H,1-2,10H2,3H3/b12-6+. The van der Waals surface area contributed by atoms with Crippen molar-refractivity contribution >= 4 is 17.3 Å². The quantitative estimate of drug-likeness (QED) is 0.361. The second kappa shape index (κ2) is 7.64. The van der Waals surface area contributed by atoms with E-state index in [4.69, 9.17) is 0 Å². The first-order valence-corrected chi connectivity index (χ1v) is 6.08. The average Bonchev–Trinajstić information content (AvgIpc) is 2.46. The number of nitrogens with zero attached hydrogens (tertiary/aromatic N) is 1. The van der Waals surface area contributed by atoms with Crippen molar-refractivity contribution in [3.05, 3.63) is 71.0 Å². The smallest absolute Gasteiger partial charge is 0.310 e. The lowest BCUT2D eigenvalue weighted by Gasteiger charge is -2.09. The lowest BCUT2D eigenvalue weighted by Crippen LogP contribution is -2.07. The Hall–Kier alpha value is -2.89. The number of nitro benzene ring substituents is 1. The molecule has 110 valence electrons. The molecule has 0 aliphatic carbocycles. The minimum absolute atomic E-state index is 0.126. The summed E-state index contributed by atoms with van der Waals surface area (Å²) in [7, 11) is 1.24. The van der Waals surface area contributed by atoms with Crippen LogP contribution in [0.1, 0.15) is 5.56 Å². The van der Waals surface area contributed by atoms with Gasteiger partial charge in [-0.25, -0.2) is 0 Å². The maximum atomic E-state index is 11.3. The highest BCUT2D eigenvalue weighted by molar-refractivity contribution is 5.75. The first-order valence-electron chi connectivity index (χ1n) is 6.08. The molecule has 0 fully saturated rings. The van der Waals surface area contributed by atoms with E-state index in [1.165, 1.54) is 19.2 Å². The highest BCUT2D eigenvalue weighted by Crippen LogP contribution is 2.24. The Morgan fingerprint density at radius 3 is 2.71 bits per heavy atom. The van der Waals surface area contributed by atoms with Gasteiger partial charge in [0.2, 0.25) is 0 Å². The highest BCUT2D eigenvalue weighted by atomic mass is 16.6. The van der Waals surface area contributed by atoms with Crippen LogP contribution in [0, 0.1) is 10.1 Å². The normalized spacial score (nSPS) is 10.6. The van der Waals surface area contributed by atoms with E-state index < -0.39 is 10.9 Å².